The van der Waals surface area contributed by atoms with Crippen LogP contribution in [-0.4, -0.2) is 31.6 Å². The van der Waals surface area contributed by atoms with Crippen LogP contribution in [0.1, 0.15) is 48.9 Å². The van der Waals surface area contributed by atoms with Crippen molar-refractivity contribution >= 4 is 17.3 Å². The predicted molar refractivity (Wildman–Crippen MR) is 108 cm³/mol. The molecule has 0 aliphatic heterocycles. The van der Waals surface area contributed by atoms with E-state index < -0.39 is 0 Å². The second-order valence-corrected chi connectivity index (χ2v) is 8.02. The number of thiazole rings is 1. The number of para-hydroxylation sites is 1. The second kappa shape index (κ2) is 8.08. The molecule has 26 heavy (non-hydrogen) atoms. The van der Waals surface area contributed by atoms with Crippen LogP contribution in [0, 0.1) is 0 Å². The van der Waals surface area contributed by atoms with Gasteiger partial charge in [-0.25, -0.2) is 4.98 Å². The summed E-state index contributed by atoms with van der Waals surface area (Å²) >= 11 is 1.70. The normalized spacial score (nSPS) is 15.8. The van der Waals surface area contributed by atoms with Gasteiger partial charge >= 0.3 is 0 Å². The fraction of sp³-hybridized carbons (Fsp3) is 0.500. The van der Waals surface area contributed by atoms with Crippen molar-refractivity contribution in [3.63, 3.8) is 0 Å². The van der Waals surface area contributed by atoms with Gasteiger partial charge in [-0.15, -0.1) is 11.3 Å². The lowest BCUT2D eigenvalue weighted by Gasteiger charge is -2.21. The van der Waals surface area contributed by atoms with Gasteiger partial charge in [0.15, 0.2) is 5.96 Å². The Morgan fingerprint density at radius 1 is 1.31 bits per heavy atom. The summed E-state index contributed by atoms with van der Waals surface area (Å²) in [6.45, 7) is 5.88. The predicted octanol–water partition coefficient (Wildman–Crippen LogP) is 3.67. The van der Waals surface area contributed by atoms with E-state index >= 15 is 0 Å². The summed E-state index contributed by atoms with van der Waals surface area (Å²) in [6, 6.07) is 8.31. The highest BCUT2D eigenvalue weighted by Crippen LogP contribution is 2.50. The number of aromatic nitrogens is 1. The molecule has 3 rings (SSSR count). The smallest absolute Gasteiger partial charge is 0.191 e. The van der Waals surface area contributed by atoms with E-state index in [9.17, 15) is 0 Å². The summed E-state index contributed by atoms with van der Waals surface area (Å²) in [5, 5.41) is 10.1. The molecule has 0 atom stereocenters. The van der Waals surface area contributed by atoms with E-state index in [1.807, 2.05) is 12.1 Å². The highest BCUT2D eigenvalue weighted by molar-refractivity contribution is 7.09. The van der Waals surface area contributed by atoms with Crippen LogP contribution in [-0.2, 0) is 12.0 Å². The first-order chi connectivity index (χ1) is 12.6. The number of nitrogens with zero attached hydrogens (tertiary/aromatic N) is 2. The summed E-state index contributed by atoms with van der Waals surface area (Å²) in [7, 11) is 3.54. The lowest BCUT2D eigenvalue weighted by molar-refractivity contribution is 0.403. The molecule has 1 aromatic carbocycles. The third kappa shape index (κ3) is 4.18. The van der Waals surface area contributed by atoms with Crippen LogP contribution in [0.15, 0.2) is 34.6 Å². The zero-order valence-corrected chi connectivity index (χ0v) is 16.8. The Kier molecular flexibility index (Phi) is 5.81. The molecule has 0 radical (unpaired) electrons. The third-order valence-electron chi connectivity index (χ3n) is 4.92. The number of rotatable bonds is 7. The maximum atomic E-state index is 5.55. The number of guanidine groups is 1. The molecular weight excluding hydrogens is 344 g/mol. The molecule has 0 amide bonds. The van der Waals surface area contributed by atoms with Crippen LogP contribution in [0.5, 0.6) is 5.75 Å². The molecule has 0 saturated heterocycles. The maximum absolute atomic E-state index is 5.55. The summed E-state index contributed by atoms with van der Waals surface area (Å²) < 4.78 is 5.55. The van der Waals surface area contributed by atoms with Gasteiger partial charge in [-0.05, 0) is 24.8 Å². The Labute approximate surface area is 159 Å². The lowest BCUT2D eigenvalue weighted by atomic mass is 9.95. The number of nitrogens with one attached hydrogen (secondary N) is 2. The minimum Gasteiger partial charge on any atom is -0.496 e. The van der Waals surface area contributed by atoms with Crippen LogP contribution < -0.4 is 15.4 Å². The highest BCUT2D eigenvalue weighted by atomic mass is 32.1. The van der Waals surface area contributed by atoms with E-state index in [4.69, 9.17) is 4.74 Å². The van der Waals surface area contributed by atoms with Gasteiger partial charge in [0.05, 0.1) is 19.3 Å². The molecule has 1 aliphatic carbocycles. The number of benzene rings is 1. The Morgan fingerprint density at radius 2 is 2.08 bits per heavy atom. The monoisotopic (exact) mass is 372 g/mol. The Hall–Kier alpha value is -2.08. The largest absolute Gasteiger partial charge is 0.496 e. The van der Waals surface area contributed by atoms with Gasteiger partial charge in [0, 0.05) is 30.0 Å². The molecule has 1 aromatic heterocycles. The van der Waals surface area contributed by atoms with E-state index in [-0.39, 0.29) is 5.41 Å². The van der Waals surface area contributed by atoms with Crippen LogP contribution in [0.25, 0.3) is 0 Å². The van der Waals surface area contributed by atoms with E-state index in [2.05, 4.69) is 52.0 Å². The molecule has 1 aliphatic rings. The molecule has 1 saturated carbocycles. The molecular formula is C20H28N4OS. The van der Waals surface area contributed by atoms with Crippen LogP contribution in [0.2, 0.25) is 0 Å². The van der Waals surface area contributed by atoms with E-state index in [1.54, 1.807) is 25.5 Å². The molecule has 2 aromatic rings. The molecule has 0 bridgehead atoms. The van der Waals surface area contributed by atoms with Crippen LogP contribution in [0.4, 0.5) is 0 Å². The third-order valence-corrected chi connectivity index (χ3v) is 5.78. The first-order valence-electron chi connectivity index (χ1n) is 9.10. The summed E-state index contributed by atoms with van der Waals surface area (Å²) in [4.78, 5) is 9.02. The van der Waals surface area contributed by atoms with Crippen molar-refractivity contribution in [2.45, 2.75) is 44.6 Å². The Bertz CT molecular complexity index is 765. The summed E-state index contributed by atoms with van der Waals surface area (Å²) in [5.74, 6) is 2.25. The summed E-state index contributed by atoms with van der Waals surface area (Å²) in [6.07, 6.45) is 2.34. The fourth-order valence-corrected chi connectivity index (χ4v) is 3.97. The quantitative estimate of drug-likeness (QED) is 0.575. The summed E-state index contributed by atoms with van der Waals surface area (Å²) in [5.41, 5.74) is 2.59. The van der Waals surface area contributed by atoms with Crippen LogP contribution >= 0.6 is 11.3 Å². The molecule has 0 unspecified atom stereocenters. The fourth-order valence-electron chi connectivity index (χ4n) is 3.08. The molecule has 140 valence electrons. The first-order valence-corrected chi connectivity index (χ1v) is 9.98. The molecule has 1 heterocycles. The molecule has 0 spiro atoms. The molecule has 6 heteroatoms. The standard InChI is InChI=1S/C20H28N4OS/c1-14(2)16-12-26-18(24-16)11-22-19(21-3)23-13-20(9-10-20)15-7-5-6-8-17(15)25-4/h5-8,12,14H,9-11,13H2,1-4H3,(H2,21,22,23). The minimum atomic E-state index is 0.149. The van der Waals surface area contributed by atoms with Gasteiger partial charge in [0.25, 0.3) is 0 Å². The molecule has 2 N–H and O–H groups in total. The molecule has 1 fully saturated rings. The van der Waals surface area contributed by atoms with E-state index in [1.165, 1.54) is 18.4 Å². The SMILES string of the molecule is CN=C(NCc1nc(C(C)C)cs1)NCC1(c2ccccc2OC)CC1. The lowest BCUT2D eigenvalue weighted by Crippen LogP contribution is -2.41. The number of hydrogen-bond donors (Lipinski definition) is 2. The van der Waals surface area contributed by atoms with Crippen molar-refractivity contribution in [3.8, 4) is 5.75 Å². The van der Waals surface area contributed by atoms with Gasteiger partial charge in [-0.1, -0.05) is 32.0 Å². The minimum absolute atomic E-state index is 0.149. The van der Waals surface area contributed by atoms with Crippen LogP contribution in [0.3, 0.4) is 0 Å². The van der Waals surface area contributed by atoms with Gasteiger partial charge in [0.2, 0.25) is 0 Å². The van der Waals surface area contributed by atoms with Crippen molar-refractivity contribution in [1.29, 1.82) is 0 Å². The molecule has 5 nitrogen and oxygen atoms in total. The Balaban J connectivity index is 1.57. The van der Waals surface area contributed by atoms with Crippen molar-refractivity contribution in [1.82, 2.24) is 15.6 Å². The number of aliphatic imine (C=N–C) groups is 1. The number of hydrogen-bond acceptors (Lipinski definition) is 4. The van der Waals surface area contributed by atoms with Crippen molar-refractivity contribution in [3.05, 3.63) is 45.9 Å². The highest BCUT2D eigenvalue weighted by Gasteiger charge is 2.46. The number of methoxy groups -OCH3 is 1. The Morgan fingerprint density at radius 3 is 2.69 bits per heavy atom. The van der Waals surface area contributed by atoms with Crippen molar-refractivity contribution in [2.24, 2.45) is 4.99 Å². The van der Waals surface area contributed by atoms with Crippen molar-refractivity contribution in [2.75, 3.05) is 20.7 Å². The first kappa shape index (κ1) is 18.7. The van der Waals surface area contributed by atoms with Gasteiger partial charge in [-0.2, -0.15) is 0 Å². The zero-order valence-electron chi connectivity index (χ0n) is 16.0. The second-order valence-electron chi connectivity index (χ2n) is 7.08. The average molecular weight is 373 g/mol. The van der Waals surface area contributed by atoms with E-state index in [0.29, 0.717) is 12.5 Å². The van der Waals surface area contributed by atoms with Gasteiger partial charge < -0.3 is 15.4 Å². The topological polar surface area (TPSA) is 58.5 Å². The van der Waals surface area contributed by atoms with Crippen molar-refractivity contribution < 1.29 is 4.74 Å². The zero-order chi connectivity index (χ0) is 18.6. The maximum Gasteiger partial charge on any atom is 0.191 e. The van der Waals surface area contributed by atoms with E-state index in [0.717, 1.165) is 29.0 Å². The number of ether oxygens (including phenoxy) is 1. The van der Waals surface area contributed by atoms with Gasteiger partial charge in [-0.3, -0.25) is 4.99 Å². The van der Waals surface area contributed by atoms with Gasteiger partial charge in [0.1, 0.15) is 10.8 Å². The average Bonchev–Trinajstić information content (AvgIpc) is 3.29.